The molecule has 0 heterocycles. The summed E-state index contributed by atoms with van der Waals surface area (Å²) in [6.07, 6.45) is 0. The van der Waals surface area contributed by atoms with Crippen LogP contribution in [0.4, 0.5) is 0 Å². The summed E-state index contributed by atoms with van der Waals surface area (Å²) in [7, 11) is 0. The first-order chi connectivity index (χ1) is 10.1. The Morgan fingerprint density at radius 3 is 1.23 bits per heavy atom. The molecule has 1 unspecified atom stereocenters. The normalized spacial score (nSPS) is 14.2. The molecule has 0 amide bonds. The Kier molecular flexibility index (Phi) is 15.8. The fourth-order valence-corrected chi connectivity index (χ4v) is 8.60. The van der Waals surface area contributed by atoms with Gasteiger partial charge in [0.25, 0.3) is 0 Å². The maximum absolute atomic E-state index is 10.3. The summed E-state index contributed by atoms with van der Waals surface area (Å²) in [5.74, 6) is -0.945. The van der Waals surface area contributed by atoms with Gasteiger partial charge < -0.3 is 0 Å². The van der Waals surface area contributed by atoms with Crippen molar-refractivity contribution in [2.24, 2.45) is 17.2 Å². The van der Waals surface area contributed by atoms with Crippen LogP contribution in [0, 0.1) is 0 Å². The van der Waals surface area contributed by atoms with Crippen LogP contribution in [0.1, 0.15) is 0 Å². The molecule has 0 saturated heterocycles. The Hall–Kier alpha value is -0.152. The molecule has 0 aromatic carbocycles. The van der Waals surface area contributed by atoms with Gasteiger partial charge in [0, 0.05) is 0 Å². The van der Waals surface area contributed by atoms with E-state index in [0.29, 0.717) is 30.9 Å². The molecule has 0 bridgehead atoms. The van der Waals surface area contributed by atoms with E-state index >= 15 is 0 Å². The monoisotopic (exact) mass is 519 g/mol. The van der Waals surface area contributed by atoms with Crippen LogP contribution in [0.25, 0.3) is 0 Å². The fourth-order valence-electron chi connectivity index (χ4n) is 0.636. The molecule has 0 fully saturated rings. The zero-order valence-corrected chi connectivity index (χ0v) is 17.0. The number of hydrogen-bond donors (Lipinski definition) is 6. The van der Waals surface area contributed by atoms with Crippen molar-refractivity contribution in [1.82, 2.24) is 0 Å². The molecule has 22 heavy (non-hydrogen) atoms. The standard InChI is InChI=1S/C6H12N2O4Se2.C4H9NO2Se/c7-3(5(9)10)1-13-14-2-4(8)6(11)12;1-8-2-3(5)4(6)7/h3-4H,1-2,7-8H2,(H,9,10)(H,11,12);3H,2,5H2,1H3,(H,6,7)/t3-,4?;3-/m00/s1. The molecule has 130 valence electrons. The quantitative estimate of drug-likeness (QED) is 0.135. The molecule has 9 N–H and O–H groups in total. The van der Waals surface area contributed by atoms with Crippen LogP contribution >= 0.6 is 0 Å². The van der Waals surface area contributed by atoms with Gasteiger partial charge in [-0.3, -0.25) is 0 Å². The van der Waals surface area contributed by atoms with Crippen molar-refractivity contribution in [3.8, 4) is 0 Å². The third-order valence-corrected chi connectivity index (χ3v) is 10.5. The Balaban J connectivity index is 0. The van der Waals surface area contributed by atoms with Crippen LogP contribution in [-0.4, -0.2) is 92.6 Å². The van der Waals surface area contributed by atoms with Gasteiger partial charge in [0.05, 0.1) is 0 Å². The summed E-state index contributed by atoms with van der Waals surface area (Å²) in [6, 6.07) is -2.28. The van der Waals surface area contributed by atoms with Crippen LogP contribution in [0.2, 0.25) is 21.8 Å². The van der Waals surface area contributed by atoms with Crippen molar-refractivity contribution in [2.75, 3.05) is 0 Å². The summed E-state index contributed by atoms with van der Waals surface area (Å²) in [5, 5.41) is 26.6. The van der Waals surface area contributed by atoms with Crippen molar-refractivity contribution in [3.05, 3.63) is 0 Å². The first kappa shape index (κ1) is 24.1. The number of nitrogens with two attached hydrogens (primary N) is 3. The minimum atomic E-state index is -1.01. The van der Waals surface area contributed by atoms with Gasteiger partial charge in [-0.1, -0.05) is 0 Å². The SMILES string of the molecule is C[Se]C[C@H](N)C(=O)O.NC(C[Se][Se]C[C@H](N)C(=O)O)C(=O)O. The average Bonchev–Trinajstić information content (AvgIpc) is 2.43. The number of carboxylic acids is 3. The summed E-state index contributed by atoms with van der Waals surface area (Å²) >= 11 is 0.591. The van der Waals surface area contributed by atoms with Gasteiger partial charge in [0.1, 0.15) is 0 Å². The van der Waals surface area contributed by atoms with E-state index in [1.807, 2.05) is 5.82 Å². The number of carbonyl (C=O) groups is 3. The molecule has 0 rings (SSSR count). The van der Waals surface area contributed by atoms with Crippen LogP contribution in [0.5, 0.6) is 0 Å². The van der Waals surface area contributed by atoms with E-state index in [-0.39, 0.29) is 26.3 Å². The fraction of sp³-hybridized carbons (Fsp3) is 0.700. The van der Waals surface area contributed by atoms with Crippen molar-refractivity contribution < 1.29 is 29.7 Å². The Morgan fingerprint density at radius 1 is 0.773 bits per heavy atom. The van der Waals surface area contributed by atoms with Gasteiger partial charge in [-0.05, 0) is 0 Å². The van der Waals surface area contributed by atoms with E-state index in [0.717, 1.165) is 0 Å². The van der Waals surface area contributed by atoms with Gasteiger partial charge in [-0.25, -0.2) is 0 Å². The zero-order valence-electron chi connectivity index (χ0n) is 11.9. The summed E-state index contributed by atoms with van der Waals surface area (Å²) < 4.78 is 0. The molecule has 0 aliphatic rings. The molecule has 0 saturated carbocycles. The predicted molar refractivity (Wildman–Crippen MR) is 84.4 cm³/mol. The molecule has 0 radical (unpaired) electrons. The summed E-state index contributed by atoms with van der Waals surface area (Å²) in [6.45, 7) is 0. The third-order valence-electron chi connectivity index (χ3n) is 1.88. The minimum absolute atomic E-state index is 0.109. The molecule has 0 aliphatic carbocycles. The van der Waals surface area contributed by atoms with E-state index in [2.05, 4.69) is 0 Å². The van der Waals surface area contributed by atoms with E-state index in [9.17, 15) is 14.4 Å². The Bertz CT molecular complexity index is 339. The molecule has 0 aromatic heterocycles. The molecule has 0 aliphatic heterocycles. The van der Waals surface area contributed by atoms with E-state index in [1.54, 1.807) is 0 Å². The number of carboxylic acid groups (broad SMARTS) is 3. The van der Waals surface area contributed by atoms with Crippen molar-refractivity contribution in [3.63, 3.8) is 0 Å². The first-order valence-electron chi connectivity index (χ1n) is 5.81. The van der Waals surface area contributed by atoms with Gasteiger partial charge in [-0.2, -0.15) is 0 Å². The molecule has 12 heteroatoms. The predicted octanol–water partition coefficient (Wildman–Crippen LogP) is -2.46. The number of hydrogen-bond acceptors (Lipinski definition) is 6. The van der Waals surface area contributed by atoms with E-state index < -0.39 is 36.0 Å². The second kappa shape index (κ2) is 14.4. The summed E-state index contributed by atoms with van der Waals surface area (Å²) in [5.41, 5.74) is 15.7. The third kappa shape index (κ3) is 14.8. The van der Waals surface area contributed by atoms with Crippen LogP contribution in [-0.2, 0) is 14.4 Å². The van der Waals surface area contributed by atoms with Crippen LogP contribution in [0.15, 0.2) is 0 Å². The number of aliphatic carboxylic acids is 3. The molecule has 9 nitrogen and oxygen atoms in total. The second-order valence-corrected chi connectivity index (χ2v) is 13.3. The topological polar surface area (TPSA) is 190 Å². The zero-order chi connectivity index (χ0) is 17.7. The van der Waals surface area contributed by atoms with Crippen LogP contribution in [0.3, 0.4) is 0 Å². The van der Waals surface area contributed by atoms with E-state index in [1.165, 1.54) is 0 Å². The van der Waals surface area contributed by atoms with E-state index in [4.69, 9.17) is 32.5 Å². The summed E-state index contributed by atoms with van der Waals surface area (Å²) in [4.78, 5) is 30.6. The molecular formula is C10H21N3O6Se3. The Morgan fingerprint density at radius 2 is 1.05 bits per heavy atom. The van der Waals surface area contributed by atoms with Crippen molar-refractivity contribution >= 4 is 59.1 Å². The second-order valence-electron chi connectivity index (χ2n) is 3.86. The van der Waals surface area contributed by atoms with Crippen molar-refractivity contribution in [2.45, 2.75) is 39.9 Å². The maximum atomic E-state index is 10.3. The van der Waals surface area contributed by atoms with Crippen molar-refractivity contribution in [1.29, 1.82) is 0 Å². The number of rotatable bonds is 10. The van der Waals surface area contributed by atoms with Gasteiger partial charge in [0.2, 0.25) is 0 Å². The first-order valence-corrected chi connectivity index (χ1v) is 15.5. The van der Waals surface area contributed by atoms with Gasteiger partial charge in [-0.15, -0.1) is 0 Å². The molecule has 0 spiro atoms. The molecule has 3 atom stereocenters. The van der Waals surface area contributed by atoms with Gasteiger partial charge in [0.15, 0.2) is 0 Å². The average molecular weight is 516 g/mol. The molecular weight excluding hydrogens is 495 g/mol. The Labute approximate surface area is 145 Å². The molecule has 0 aromatic rings. The van der Waals surface area contributed by atoms with Crippen LogP contribution < -0.4 is 17.2 Å². The van der Waals surface area contributed by atoms with Gasteiger partial charge >= 0.3 is 146 Å².